The number of aromatic nitrogens is 2. The monoisotopic (exact) mass is 378 g/mol. The zero-order chi connectivity index (χ0) is 18.9. The molecule has 1 aromatic carbocycles. The summed E-state index contributed by atoms with van der Waals surface area (Å²) in [6, 6.07) is 4.77. The van der Waals surface area contributed by atoms with Gasteiger partial charge in [0.1, 0.15) is 6.04 Å². The SMILES string of the molecule is COC(=O)C1Cc2nc[nH]c2CN1S(=O)(=O)c1ccc(NC(C)=O)cc1. The molecule has 26 heavy (non-hydrogen) atoms. The van der Waals surface area contributed by atoms with Gasteiger partial charge in [0.05, 0.1) is 36.3 Å². The molecule has 1 amide bonds. The molecule has 1 aromatic heterocycles. The number of rotatable bonds is 4. The number of nitrogens with one attached hydrogen (secondary N) is 2. The van der Waals surface area contributed by atoms with E-state index in [1.165, 1.54) is 44.6 Å². The molecule has 0 saturated heterocycles. The predicted molar refractivity (Wildman–Crippen MR) is 91.6 cm³/mol. The van der Waals surface area contributed by atoms with Gasteiger partial charge in [0.2, 0.25) is 15.9 Å². The molecular weight excluding hydrogens is 360 g/mol. The lowest BCUT2D eigenvalue weighted by Crippen LogP contribution is -2.49. The van der Waals surface area contributed by atoms with Crippen LogP contribution in [0.1, 0.15) is 18.3 Å². The lowest BCUT2D eigenvalue weighted by atomic mass is 10.1. The highest BCUT2D eigenvalue weighted by Gasteiger charge is 2.41. The summed E-state index contributed by atoms with van der Waals surface area (Å²) < 4.78 is 32.0. The van der Waals surface area contributed by atoms with E-state index in [0.717, 1.165) is 4.31 Å². The summed E-state index contributed by atoms with van der Waals surface area (Å²) in [5.41, 5.74) is 1.77. The fourth-order valence-corrected chi connectivity index (χ4v) is 4.40. The minimum Gasteiger partial charge on any atom is -0.468 e. The van der Waals surface area contributed by atoms with Crippen LogP contribution in [0.5, 0.6) is 0 Å². The predicted octanol–water partition coefficient (Wildman–Crippen LogP) is 0.657. The maximum Gasteiger partial charge on any atom is 0.324 e. The summed E-state index contributed by atoms with van der Waals surface area (Å²) in [5, 5.41) is 2.57. The molecule has 0 spiro atoms. The van der Waals surface area contributed by atoms with Crippen LogP contribution < -0.4 is 5.32 Å². The number of anilines is 1. The highest BCUT2D eigenvalue weighted by molar-refractivity contribution is 7.89. The molecule has 1 atom stereocenters. The van der Waals surface area contributed by atoms with E-state index in [9.17, 15) is 18.0 Å². The summed E-state index contributed by atoms with van der Waals surface area (Å²) in [4.78, 5) is 30.3. The number of amides is 1. The number of H-pyrrole nitrogens is 1. The van der Waals surface area contributed by atoms with Crippen LogP contribution in [0.4, 0.5) is 5.69 Å². The molecule has 1 aliphatic heterocycles. The second kappa shape index (κ2) is 6.89. The minimum atomic E-state index is -3.96. The Morgan fingerprint density at radius 1 is 1.31 bits per heavy atom. The average molecular weight is 378 g/mol. The standard InChI is InChI=1S/C16H18N4O5S/c1-10(21)19-11-3-5-12(6-4-11)26(23,24)20-8-14-13(17-9-18-14)7-15(20)16(22)25-2/h3-6,9,15H,7-8H2,1-2H3,(H,17,18)(H,19,21). The fraction of sp³-hybridized carbons (Fsp3) is 0.312. The zero-order valence-corrected chi connectivity index (χ0v) is 15.0. The van der Waals surface area contributed by atoms with Gasteiger partial charge in [-0.3, -0.25) is 9.59 Å². The van der Waals surface area contributed by atoms with E-state index >= 15 is 0 Å². The summed E-state index contributed by atoms with van der Waals surface area (Å²) in [7, 11) is -2.74. The minimum absolute atomic E-state index is 0.00905. The Morgan fingerprint density at radius 2 is 2.00 bits per heavy atom. The van der Waals surface area contributed by atoms with Crippen LogP contribution >= 0.6 is 0 Å². The van der Waals surface area contributed by atoms with Crippen LogP contribution in [0.25, 0.3) is 0 Å². The Morgan fingerprint density at radius 3 is 2.62 bits per heavy atom. The second-order valence-corrected chi connectivity index (χ2v) is 7.72. The van der Waals surface area contributed by atoms with Crippen molar-refractivity contribution in [3.63, 3.8) is 0 Å². The van der Waals surface area contributed by atoms with E-state index in [1.807, 2.05) is 0 Å². The quantitative estimate of drug-likeness (QED) is 0.754. The van der Waals surface area contributed by atoms with Crippen molar-refractivity contribution in [2.24, 2.45) is 0 Å². The Labute approximate surface area is 150 Å². The first-order valence-electron chi connectivity index (χ1n) is 7.81. The third kappa shape index (κ3) is 3.33. The van der Waals surface area contributed by atoms with Crippen LogP contribution in [-0.4, -0.2) is 47.7 Å². The molecule has 2 aromatic rings. The molecule has 1 unspecified atom stereocenters. The first-order chi connectivity index (χ1) is 12.3. The number of benzene rings is 1. The Balaban J connectivity index is 1.95. The summed E-state index contributed by atoms with van der Waals surface area (Å²) in [5.74, 6) is -0.897. The number of hydrogen-bond acceptors (Lipinski definition) is 6. The van der Waals surface area contributed by atoms with E-state index in [0.29, 0.717) is 17.1 Å². The van der Waals surface area contributed by atoms with Gasteiger partial charge >= 0.3 is 5.97 Å². The Hall–Kier alpha value is -2.72. The van der Waals surface area contributed by atoms with E-state index in [4.69, 9.17) is 4.74 Å². The van der Waals surface area contributed by atoms with Gasteiger partial charge < -0.3 is 15.0 Å². The smallest absolute Gasteiger partial charge is 0.324 e. The maximum atomic E-state index is 13.1. The summed E-state index contributed by atoms with van der Waals surface area (Å²) >= 11 is 0. The van der Waals surface area contributed by atoms with E-state index in [2.05, 4.69) is 15.3 Å². The number of hydrogen-bond donors (Lipinski definition) is 2. The number of fused-ring (bicyclic) bond motifs is 1. The lowest BCUT2D eigenvalue weighted by Gasteiger charge is -2.32. The molecule has 0 saturated carbocycles. The van der Waals surface area contributed by atoms with E-state index in [1.54, 1.807) is 0 Å². The first kappa shape index (κ1) is 18.1. The van der Waals surface area contributed by atoms with Crippen molar-refractivity contribution in [2.45, 2.75) is 30.8 Å². The number of methoxy groups -OCH3 is 1. The highest BCUT2D eigenvalue weighted by atomic mass is 32.2. The molecule has 0 radical (unpaired) electrons. The van der Waals surface area contributed by atoms with Gasteiger partial charge in [0.15, 0.2) is 0 Å². The first-order valence-corrected chi connectivity index (χ1v) is 9.25. The third-order valence-electron chi connectivity index (χ3n) is 4.11. The van der Waals surface area contributed by atoms with Gasteiger partial charge in [-0.15, -0.1) is 0 Å². The van der Waals surface area contributed by atoms with Crippen molar-refractivity contribution in [2.75, 3.05) is 12.4 Å². The van der Waals surface area contributed by atoms with Crippen molar-refractivity contribution in [3.05, 3.63) is 42.0 Å². The zero-order valence-electron chi connectivity index (χ0n) is 14.2. The molecule has 0 aliphatic carbocycles. The van der Waals surface area contributed by atoms with Crippen molar-refractivity contribution in [1.29, 1.82) is 0 Å². The van der Waals surface area contributed by atoms with Gasteiger partial charge in [0, 0.05) is 19.0 Å². The molecule has 138 valence electrons. The largest absolute Gasteiger partial charge is 0.468 e. The van der Waals surface area contributed by atoms with Crippen LogP contribution in [0, 0.1) is 0 Å². The Bertz CT molecular complexity index is 936. The van der Waals surface area contributed by atoms with Gasteiger partial charge in [-0.1, -0.05) is 0 Å². The number of ether oxygens (including phenoxy) is 1. The summed E-state index contributed by atoms with van der Waals surface area (Å²) in [6.45, 7) is 1.35. The number of aromatic amines is 1. The molecule has 0 bridgehead atoms. The van der Waals surface area contributed by atoms with Crippen molar-refractivity contribution < 1.29 is 22.7 Å². The van der Waals surface area contributed by atoms with Gasteiger partial charge in [-0.25, -0.2) is 13.4 Å². The molecule has 10 heteroatoms. The average Bonchev–Trinajstić information content (AvgIpc) is 3.07. The highest BCUT2D eigenvalue weighted by Crippen LogP contribution is 2.28. The number of carbonyl (C=O) groups is 2. The van der Waals surface area contributed by atoms with Crippen LogP contribution in [0.3, 0.4) is 0 Å². The number of imidazole rings is 1. The normalized spacial score (nSPS) is 17.4. The maximum absolute atomic E-state index is 13.1. The van der Waals surface area contributed by atoms with E-state index in [-0.39, 0.29) is 23.8 Å². The topological polar surface area (TPSA) is 121 Å². The third-order valence-corrected chi connectivity index (χ3v) is 5.98. The van der Waals surface area contributed by atoms with Crippen LogP contribution in [-0.2, 0) is 37.3 Å². The van der Waals surface area contributed by atoms with Crippen LogP contribution in [0.2, 0.25) is 0 Å². The fourth-order valence-electron chi connectivity index (χ4n) is 2.85. The van der Waals surface area contributed by atoms with Gasteiger partial charge in [-0.2, -0.15) is 4.31 Å². The second-order valence-electron chi connectivity index (χ2n) is 5.83. The molecule has 1 aliphatic rings. The molecule has 2 N–H and O–H groups in total. The molecule has 3 rings (SSSR count). The number of nitrogens with zero attached hydrogens (tertiary/aromatic N) is 2. The molecule has 9 nitrogen and oxygen atoms in total. The van der Waals surface area contributed by atoms with Gasteiger partial charge in [0.25, 0.3) is 0 Å². The van der Waals surface area contributed by atoms with Gasteiger partial charge in [-0.05, 0) is 24.3 Å². The molecule has 2 heterocycles. The Kier molecular flexibility index (Phi) is 4.79. The lowest BCUT2D eigenvalue weighted by molar-refractivity contribution is -0.145. The number of esters is 1. The molecule has 0 fully saturated rings. The van der Waals surface area contributed by atoms with Crippen LogP contribution in [0.15, 0.2) is 35.5 Å². The number of carbonyl (C=O) groups excluding carboxylic acids is 2. The summed E-state index contributed by atoms with van der Waals surface area (Å²) in [6.07, 6.45) is 1.60. The van der Waals surface area contributed by atoms with E-state index < -0.39 is 22.0 Å². The van der Waals surface area contributed by atoms with Crippen molar-refractivity contribution in [1.82, 2.24) is 14.3 Å². The number of sulfonamides is 1. The molecular formula is C16H18N4O5S. The van der Waals surface area contributed by atoms with Crippen molar-refractivity contribution in [3.8, 4) is 0 Å². The van der Waals surface area contributed by atoms with Crippen molar-refractivity contribution >= 4 is 27.6 Å².